The first-order chi connectivity index (χ1) is 16.8. The molecule has 0 fully saturated rings. The summed E-state index contributed by atoms with van der Waals surface area (Å²) in [7, 11) is 0. The molecule has 0 saturated carbocycles. The highest BCUT2D eigenvalue weighted by atomic mass is 32.1. The molecule has 0 saturated heterocycles. The van der Waals surface area contributed by atoms with Crippen molar-refractivity contribution in [1.29, 1.82) is 5.41 Å². The minimum atomic E-state index is -1.26. The van der Waals surface area contributed by atoms with Crippen molar-refractivity contribution in [3.63, 3.8) is 0 Å². The molecule has 2 heterocycles. The molecule has 4 rings (SSSR count). The van der Waals surface area contributed by atoms with Gasteiger partial charge in [-0.3, -0.25) is 15.0 Å². The molecule has 1 amide bonds. The highest BCUT2D eigenvalue weighted by Crippen LogP contribution is 2.18. The molecule has 0 spiro atoms. The van der Waals surface area contributed by atoms with Crippen molar-refractivity contribution in [3.8, 4) is 0 Å². The molecule has 0 radical (unpaired) electrons. The Bertz CT molecular complexity index is 1460. The van der Waals surface area contributed by atoms with Crippen LogP contribution in [0.25, 0.3) is 10.9 Å². The second-order valence-electron chi connectivity index (χ2n) is 7.93. The van der Waals surface area contributed by atoms with Crippen LogP contribution in [0.1, 0.15) is 43.3 Å². The van der Waals surface area contributed by atoms with Gasteiger partial charge in [0.2, 0.25) is 5.43 Å². The zero-order valence-corrected chi connectivity index (χ0v) is 19.5. The number of hydrogen-bond donors (Lipinski definition) is 4. The van der Waals surface area contributed by atoms with Crippen LogP contribution in [0.4, 0.5) is 0 Å². The molecular formula is C25H23N5O4S. The molecule has 0 aliphatic heterocycles. The molecule has 35 heavy (non-hydrogen) atoms. The molecule has 0 unspecified atom stereocenters. The van der Waals surface area contributed by atoms with Gasteiger partial charge in [-0.1, -0.05) is 18.2 Å². The monoisotopic (exact) mass is 489 g/mol. The molecule has 9 nitrogen and oxygen atoms in total. The van der Waals surface area contributed by atoms with E-state index in [0.29, 0.717) is 48.0 Å². The van der Waals surface area contributed by atoms with Gasteiger partial charge in [-0.2, -0.15) is 0 Å². The van der Waals surface area contributed by atoms with Crippen LogP contribution in [0.15, 0.2) is 65.0 Å². The maximum atomic E-state index is 12.7. The van der Waals surface area contributed by atoms with Crippen LogP contribution in [0.5, 0.6) is 0 Å². The second kappa shape index (κ2) is 10.3. The number of thiazole rings is 1. The fraction of sp³-hybridized carbons (Fsp3) is 0.160. The molecule has 10 heteroatoms. The Morgan fingerprint density at radius 3 is 2.54 bits per heavy atom. The van der Waals surface area contributed by atoms with Crippen molar-refractivity contribution in [2.45, 2.75) is 19.4 Å². The zero-order chi connectivity index (χ0) is 24.9. The largest absolute Gasteiger partial charge is 0.477 e. The number of nitrogens with zero attached hydrogens (tertiary/aromatic N) is 2. The number of rotatable bonds is 9. The number of pyridine rings is 1. The topological polar surface area (TPSA) is 151 Å². The maximum absolute atomic E-state index is 12.7. The molecule has 0 aliphatic rings. The SMILES string of the molecule is N=C(N)c1ccc(C(=O)NCCCc2ccc3c(=O)c(C(=O)O)cn(Cc4nccs4)c3c2)cc1. The summed E-state index contributed by atoms with van der Waals surface area (Å²) < 4.78 is 1.75. The van der Waals surface area contributed by atoms with Crippen molar-refractivity contribution in [1.82, 2.24) is 14.9 Å². The molecule has 0 atom stereocenters. The smallest absolute Gasteiger partial charge is 0.341 e. The standard InChI is InChI=1S/C25H23N5O4S/c26-23(27)16-4-6-17(7-5-16)24(32)29-9-1-2-15-3-8-18-20(12-15)30(14-21-28-10-11-35-21)13-19(22(18)31)25(33)34/h3-8,10-13H,1-2,9,14H2,(H3,26,27)(H,29,32)(H,33,34). The molecule has 0 bridgehead atoms. The fourth-order valence-electron chi connectivity index (χ4n) is 3.75. The quantitative estimate of drug-likeness (QED) is 0.161. The van der Waals surface area contributed by atoms with Crippen LogP contribution in [-0.2, 0) is 13.0 Å². The summed E-state index contributed by atoms with van der Waals surface area (Å²) in [6, 6.07) is 11.9. The number of carboxylic acid groups (broad SMARTS) is 1. The average Bonchev–Trinajstić information content (AvgIpc) is 3.36. The van der Waals surface area contributed by atoms with E-state index in [1.807, 2.05) is 17.5 Å². The lowest BCUT2D eigenvalue weighted by atomic mass is 10.0. The van der Waals surface area contributed by atoms with Crippen LogP contribution in [0, 0.1) is 5.41 Å². The third-order valence-corrected chi connectivity index (χ3v) is 6.32. The fourth-order valence-corrected chi connectivity index (χ4v) is 4.36. The highest BCUT2D eigenvalue weighted by molar-refractivity contribution is 7.09. The van der Waals surface area contributed by atoms with Gasteiger partial charge in [0, 0.05) is 40.8 Å². The number of carbonyl (C=O) groups excluding carboxylic acids is 1. The molecule has 5 N–H and O–H groups in total. The molecular weight excluding hydrogens is 466 g/mol. The van der Waals surface area contributed by atoms with Gasteiger partial charge in [0.15, 0.2) is 0 Å². The summed E-state index contributed by atoms with van der Waals surface area (Å²) in [5, 5.41) is 22.7. The first kappa shape index (κ1) is 23.8. The second-order valence-corrected chi connectivity index (χ2v) is 8.91. The minimum Gasteiger partial charge on any atom is -0.477 e. The lowest BCUT2D eigenvalue weighted by Crippen LogP contribution is -2.25. The normalized spacial score (nSPS) is 10.9. The van der Waals surface area contributed by atoms with Crippen molar-refractivity contribution in [2.24, 2.45) is 5.73 Å². The van der Waals surface area contributed by atoms with Gasteiger partial charge in [-0.05, 0) is 42.7 Å². The van der Waals surface area contributed by atoms with E-state index < -0.39 is 11.4 Å². The van der Waals surface area contributed by atoms with Gasteiger partial charge in [-0.25, -0.2) is 9.78 Å². The van der Waals surface area contributed by atoms with Gasteiger partial charge >= 0.3 is 5.97 Å². The van der Waals surface area contributed by atoms with Crippen LogP contribution in [0.3, 0.4) is 0 Å². The Kier molecular flexibility index (Phi) is 7.02. The van der Waals surface area contributed by atoms with Crippen molar-refractivity contribution < 1.29 is 14.7 Å². The summed E-state index contributed by atoms with van der Waals surface area (Å²) in [5.41, 5.74) is 7.29. The molecule has 2 aromatic heterocycles. The number of aromatic nitrogens is 2. The van der Waals surface area contributed by atoms with E-state index in [9.17, 15) is 19.5 Å². The summed E-state index contributed by atoms with van der Waals surface area (Å²) in [5.74, 6) is -1.53. The number of nitrogen functional groups attached to an aromatic ring is 1. The summed E-state index contributed by atoms with van der Waals surface area (Å²) >= 11 is 1.45. The van der Waals surface area contributed by atoms with Crippen molar-refractivity contribution in [3.05, 3.63) is 97.7 Å². The van der Waals surface area contributed by atoms with Gasteiger partial charge in [-0.15, -0.1) is 11.3 Å². The molecule has 178 valence electrons. The van der Waals surface area contributed by atoms with Gasteiger partial charge in [0.05, 0.1) is 12.1 Å². The number of carbonyl (C=O) groups is 2. The van der Waals surface area contributed by atoms with Crippen LogP contribution in [-0.4, -0.2) is 38.9 Å². The Labute approximate surface area is 204 Å². The molecule has 4 aromatic rings. The Morgan fingerprint density at radius 2 is 1.89 bits per heavy atom. The van der Waals surface area contributed by atoms with E-state index >= 15 is 0 Å². The van der Waals surface area contributed by atoms with Crippen molar-refractivity contribution in [2.75, 3.05) is 6.54 Å². The summed E-state index contributed by atoms with van der Waals surface area (Å²) in [6.07, 6.45) is 4.38. The van der Waals surface area contributed by atoms with Gasteiger partial charge in [0.25, 0.3) is 5.91 Å². The first-order valence-corrected chi connectivity index (χ1v) is 11.7. The van der Waals surface area contributed by atoms with Crippen LogP contribution < -0.4 is 16.5 Å². The number of nitrogens with one attached hydrogen (secondary N) is 2. The minimum absolute atomic E-state index is 0.0522. The molecule has 2 aromatic carbocycles. The number of hydrogen-bond acceptors (Lipinski definition) is 6. The predicted octanol–water partition coefficient (Wildman–Crippen LogP) is 2.85. The number of carboxylic acids is 1. The van der Waals surface area contributed by atoms with E-state index in [0.717, 1.165) is 10.6 Å². The Morgan fingerprint density at radius 1 is 1.14 bits per heavy atom. The number of amidine groups is 1. The van der Waals surface area contributed by atoms with E-state index in [1.54, 1.807) is 41.1 Å². The number of nitrogens with two attached hydrogens (primary N) is 1. The van der Waals surface area contributed by atoms with Gasteiger partial charge < -0.3 is 20.7 Å². The predicted molar refractivity (Wildman–Crippen MR) is 134 cm³/mol. The van der Waals surface area contributed by atoms with Crippen LogP contribution >= 0.6 is 11.3 Å². The number of fused-ring (bicyclic) bond motifs is 1. The lowest BCUT2D eigenvalue weighted by Gasteiger charge is -2.13. The van der Waals surface area contributed by atoms with E-state index in [4.69, 9.17) is 11.1 Å². The first-order valence-electron chi connectivity index (χ1n) is 10.8. The number of benzene rings is 2. The zero-order valence-electron chi connectivity index (χ0n) is 18.7. The van der Waals surface area contributed by atoms with E-state index in [1.165, 1.54) is 17.5 Å². The lowest BCUT2D eigenvalue weighted by molar-refractivity contribution is 0.0694. The number of aryl methyl sites for hydroxylation is 1. The third-order valence-electron chi connectivity index (χ3n) is 5.55. The average molecular weight is 490 g/mol. The highest BCUT2D eigenvalue weighted by Gasteiger charge is 2.16. The Hall–Kier alpha value is -4.31. The maximum Gasteiger partial charge on any atom is 0.341 e. The number of amides is 1. The third kappa shape index (κ3) is 5.44. The molecule has 0 aliphatic carbocycles. The summed E-state index contributed by atoms with van der Waals surface area (Å²) in [4.78, 5) is 40.9. The summed E-state index contributed by atoms with van der Waals surface area (Å²) in [6.45, 7) is 0.811. The van der Waals surface area contributed by atoms with Crippen molar-refractivity contribution >= 4 is 40.0 Å². The van der Waals surface area contributed by atoms with Gasteiger partial charge in [0.1, 0.15) is 16.4 Å². The number of aromatic carboxylic acids is 1. The Balaban J connectivity index is 1.47. The van der Waals surface area contributed by atoms with E-state index in [2.05, 4.69) is 10.3 Å². The van der Waals surface area contributed by atoms with Crippen LogP contribution in [0.2, 0.25) is 0 Å². The van der Waals surface area contributed by atoms with E-state index in [-0.39, 0.29) is 17.3 Å².